The van der Waals surface area contributed by atoms with Gasteiger partial charge in [0.05, 0.1) is 5.69 Å². The van der Waals surface area contributed by atoms with Gasteiger partial charge in [0.1, 0.15) is 11.4 Å². The van der Waals surface area contributed by atoms with Crippen LogP contribution in [0.1, 0.15) is 43.0 Å². The maximum absolute atomic E-state index is 13.5. The quantitative estimate of drug-likeness (QED) is 0.753. The number of carbonyl (C=O) groups excluding carboxylic acids is 1. The first-order chi connectivity index (χ1) is 9.97. The summed E-state index contributed by atoms with van der Waals surface area (Å²) in [5.41, 5.74) is -0.369. The van der Waals surface area contributed by atoms with Crippen molar-refractivity contribution in [3.63, 3.8) is 0 Å². The van der Waals surface area contributed by atoms with Gasteiger partial charge in [0.2, 0.25) is 0 Å². The fraction of sp³-hybridized carbons (Fsp3) is 0.467. The molecule has 2 rings (SSSR count). The van der Waals surface area contributed by atoms with E-state index in [-0.39, 0.29) is 11.1 Å². The number of benzene rings is 1. The Morgan fingerprint density at radius 1 is 1.38 bits per heavy atom. The molecule has 0 bridgehead atoms. The van der Waals surface area contributed by atoms with E-state index in [1.807, 2.05) is 0 Å². The molecule has 1 aromatic carbocycles. The van der Waals surface area contributed by atoms with Crippen LogP contribution in [0.2, 0.25) is 0 Å². The zero-order valence-electron chi connectivity index (χ0n) is 11.9. The van der Waals surface area contributed by atoms with Crippen molar-refractivity contribution in [2.75, 3.05) is 11.9 Å². The molecule has 1 aliphatic carbocycles. The van der Waals surface area contributed by atoms with Gasteiger partial charge in [-0.1, -0.05) is 19.4 Å². The lowest BCUT2D eigenvalue weighted by Crippen LogP contribution is -2.34. The van der Waals surface area contributed by atoms with Gasteiger partial charge in [0.15, 0.2) is 0 Å². The van der Waals surface area contributed by atoms with Crippen molar-refractivity contribution in [3.8, 4) is 0 Å². The number of hydrogen-bond acceptors (Lipinski definition) is 2. The first-order valence-electron chi connectivity index (χ1n) is 7.04. The van der Waals surface area contributed by atoms with Crippen LogP contribution in [0.25, 0.3) is 0 Å². The van der Waals surface area contributed by atoms with E-state index in [2.05, 4.69) is 17.6 Å². The van der Waals surface area contributed by atoms with Crippen molar-refractivity contribution in [2.45, 2.75) is 32.6 Å². The fourth-order valence-electron chi connectivity index (χ4n) is 2.50. The number of nitrogens with one attached hydrogen (secondary N) is 2. The Bertz CT molecular complexity index is 556. The third-order valence-electron chi connectivity index (χ3n) is 3.84. The monoisotopic (exact) mass is 294 g/mol. The molecule has 0 radical (unpaired) electrons. The Morgan fingerprint density at radius 2 is 2.10 bits per heavy atom. The van der Waals surface area contributed by atoms with E-state index in [4.69, 9.17) is 5.11 Å². The summed E-state index contributed by atoms with van der Waals surface area (Å²) in [7, 11) is 0. The second-order valence-electron chi connectivity index (χ2n) is 5.53. The molecule has 0 aromatic heterocycles. The number of rotatable bonds is 6. The van der Waals surface area contributed by atoms with Gasteiger partial charge in [-0.05, 0) is 36.8 Å². The fourth-order valence-corrected chi connectivity index (χ4v) is 2.50. The Hall–Kier alpha value is -2.11. The molecule has 0 unspecified atom stereocenters. The standard InChI is InChI=1S/C15H19FN2O3/c1-2-6-15(7-8-15)9-17-14(21)18-11-5-3-4-10(16)12(11)13(19)20/h3-5H,2,6-9H2,1H3,(H,19,20)(H2,17,18,21). The van der Waals surface area contributed by atoms with Crippen molar-refractivity contribution in [3.05, 3.63) is 29.6 Å². The number of hydrogen-bond donors (Lipinski definition) is 3. The lowest BCUT2D eigenvalue weighted by molar-refractivity contribution is 0.0693. The van der Waals surface area contributed by atoms with Crippen molar-refractivity contribution < 1.29 is 19.1 Å². The van der Waals surface area contributed by atoms with Crippen molar-refractivity contribution in [1.29, 1.82) is 0 Å². The van der Waals surface area contributed by atoms with E-state index < -0.39 is 23.4 Å². The van der Waals surface area contributed by atoms with E-state index in [1.165, 1.54) is 12.1 Å². The first kappa shape index (κ1) is 15.3. The minimum atomic E-state index is -1.41. The Kier molecular flexibility index (Phi) is 4.45. The summed E-state index contributed by atoms with van der Waals surface area (Å²) in [6.07, 6.45) is 4.33. The molecule has 1 aromatic rings. The summed E-state index contributed by atoms with van der Waals surface area (Å²) in [6.45, 7) is 2.66. The van der Waals surface area contributed by atoms with Crippen LogP contribution in [0.15, 0.2) is 18.2 Å². The Balaban J connectivity index is 1.97. The van der Waals surface area contributed by atoms with Gasteiger partial charge in [-0.3, -0.25) is 0 Å². The van der Waals surface area contributed by atoms with E-state index >= 15 is 0 Å². The molecule has 3 N–H and O–H groups in total. The number of carboxylic acid groups (broad SMARTS) is 1. The SMILES string of the molecule is CCCC1(CNC(=O)Nc2cccc(F)c2C(=O)O)CC1. The second kappa shape index (κ2) is 6.11. The van der Waals surface area contributed by atoms with Crippen LogP contribution < -0.4 is 10.6 Å². The van der Waals surface area contributed by atoms with Crippen LogP contribution in [0.3, 0.4) is 0 Å². The smallest absolute Gasteiger partial charge is 0.340 e. The zero-order valence-corrected chi connectivity index (χ0v) is 11.9. The first-order valence-corrected chi connectivity index (χ1v) is 7.04. The average Bonchev–Trinajstić information content (AvgIpc) is 3.17. The molecule has 114 valence electrons. The number of anilines is 1. The zero-order chi connectivity index (χ0) is 15.5. The summed E-state index contributed by atoms with van der Waals surface area (Å²) in [6, 6.07) is 3.26. The maximum Gasteiger partial charge on any atom is 0.340 e. The van der Waals surface area contributed by atoms with Crippen molar-refractivity contribution in [1.82, 2.24) is 5.32 Å². The number of halogens is 1. The highest BCUT2D eigenvalue weighted by molar-refractivity contribution is 6.00. The molecule has 0 saturated heterocycles. The highest BCUT2D eigenvalue weighted by atomic mass is 19.1. The minimum Gasteiger partial charge on any atom is -0.478 e. The molecule has 0 spiro atoms. The number of urea groups is 1. The van der Waals surface area contributed by atoms with Crippen LogP contribution in [-0.4, -0.2) is 23.7 Å². The molecule has 5 nitrogen and oxygen atoms in total. The van der Waals surface area contributed by atoms with Gasteiger partial charge in [0, 0.05) is 6.54 Å². The van der Waals surface area contributed by atoms with E-state index in [9.17, 15) is 14.0 Å². The number of carbonyl (C=O) groups is 2. The molecular weight excluding hydrogens is 275 g/mol. The van der Waals surface area contributed by atoms with Gasteiger partial charge < -0.3 is 15.7 Å². The van der Waals surface area contributed by atoms with Gasteiger partial charge in [0.25, 0.3) is 0 Å². The predicted octanol–water partition coefficient (Wildman–Crippen LogP) is 3.23. The van der Waals surface area contributed by atoms with Crippen LogP contribution in [0, 0.1) is 11.2 Å². The molecule has 2 amide bonds. The molecule has 0 heterocycles. The largest absolute Gasteiger partial charge is 0.478 e. The molecule has 0 atom stereocenters. The summed E-state index contributed by atoms with van der Waals surface area (Å²) in [4.78, 5) is 22.9. The van der Waals surface area contributed by atoms with E-state index in [0.29, 0.717) is 6.54 Å². The summed E-state index contributed by atoms with van der Waals surface area (Å²) in [5, 5.41) is 14.1. The molecule has 1 aliphatic rings. The average molecular weight is 294 g/mol. The van der Waals surface area contributed by atoms with Crippen LogP contribution in [0.5, 0.6) is 0 Å². The Morgan fingerprint density at radius 3 is 2.67 bits per heavy atom. The van der Waals surface area contributed by atoms with Gasteiger partial charge in [-0.2, -0.15) is 0 Å². The van der Waals surface area contributed by atoms with E-state index in [0.717, 1.165) is 31.7 Å². The maximum atomic E-state index is 13.5. The second-order valence-corrected chi connectivity index (χ2v) is 5.53. The van der Waals surface area contributed by atoms with Crippen LogP contribution in [-0.2, 0) is 0 Å². The van der Waals surface area contributed by atoms with Crippen LogP contribution in [0.4, 0.5) is 14.9 Å². The third kappa shape index (κ3) is 3.71. The highest BCUT2D eigenvalue weighted by Crippen LogP contribution is 2.48. The molecule has 6 heteroatoms. The van der Waals surface area contributed by atoms with Gasteiger partial charge in [-0.15, -0.1) is 0 Å². The number of carboxylic acids is 1. The third-order valence-corrected chi connectivity index (χ3v) is 3.84. The number of amides is 2. The molecule has 1 fully saturated rings. The van der Waals surface area contributed by atoms with Crippen LogP contribution >= 0.6 is 0 Å². The Labute approximate surface area is 122 Å². The molecule has 21 heavy (non-hydrogen) atoms. The highest BCUT2D eigenvalue weighted by Gasteiger charge is 2.41. The normalized spacial score (nSPS) is 15.3. The van der Waals surface area contributed by atoms with Gasteiger partial charge >= 0.3 is 12.0 Å². The molecule has 0 aliphatic heterocycles. The van der Waals surface area contributed by atoms with Crippen molar-refractivity contribution >= 4 is 17.7 Å². The number of aromatic carboxylic acids is 1. The molecular formula is C15H19FN2O3. The summed E-state index contributed by atoms with van der Waals surface area (Å²) in [5.74, 6) is -2.28. The topological polar surface area (TPSA) is 78.4 Å². The van der Waals surface area contributed by atoms with E-state index in [1.54, 1.807) is 0 Å². The lowest BCUT2D eigenvalue weighted by atomic mass is 10.0. The van der Waals surface area contributed by atoms with Crippen molar-refractivity contribution in [2.24, 2.45) is 5.41 Å². The molecule has 1 saturated carbocycles. The predicted molar refractivity (Wildman–Crippen MR) is 77.0 cm³/mol. The summed E-state index contributed by atoms with van der Waals surface area (Å²) >= 11 is 0. The minimum absolute atomic E-state index is 0.0414. The lowest BCUT2D eigenvalue weighted by Gasteiger charge is -2.16. The van der Waals surface area contributed by atoms with Gasteiger partial charge in [-0.25, -0.2) is 14.0 Å². The summed E-state index contributed by atoms with van der Waals surface area (Å²) < 4.78 is 13.5.